The number of likely N-dealkylation sites (tertiary alicyclic amines) is 1. The molecular formula is C18H28N4O6Y-2. The minimum Gasteiger partial charge on any atom is -0.444 e. The van der Waals surface area contributed by atoms with Crippen LogP contribution in [-0.4, -0.2) is 59.5 Å². The van der Waals surface area contributed by atoms with Gasteiger partial charge in [0.2, 0.25) is 11.8 Å². The Morgan fingerprint density at radius 2 is 1.72 bits per heavy atom. The molecule has 2 heterocycles. The van der Waals surface area contributed by atoms with E-state index in [9.17, 15) is 24.0 Å². The number of imide groups is 2. The van der Waals surface area contributed by atoms with Crippen molar-refractivity contribution in [2.24, 2.45) is 5.41 Å². The Bertz CT molecular complexity index is 639. The molecule has 2 rings (SSSR count). The van der Waals surface area contributed by atoms with E-state index in [1.807, 2.05) is 10.6 Å². The number of nitrogens with one attached hydrogen (secondary N) is 3. The molecule has 2 aliphatic heterocycles. The van der Waals surface area contributed by atoms with Crippen molar-refractivity contribution in [3.05, 3.63) is 13.8 Å². The van der Waals surface area contributed by atoms with Gasteiger partial charge in [-0.2, -0.15) is 6.42 Å². The van der Waals surface area contributed by atoms with Gasteiger partial charge in [-0.1, -0.05) is 13.3 Å². The Kier molecular flexibility index (Phi) is 10.3. The topological polar surface area (TPSA) is 134 Å². The number of rotatable bonds is 2. The van der Waals surface area contributed by atoms with E-state index in [2.05, 4.69) is 26.1 Å². The van der Waals surface area contributed by atoms with E-state index in [4.69, 9.17) is 4.74 Å². The zero-order valence-electron chi connectivity index (χ0n) is 17.3. The van der Waals surface area contributed by atoms with Crippen LogP contribution in [0.4, 0.5) is 9.59 Å². The van der Waals surface area contributed by atoms with Gasteiger partial charge >= 0.3 is 12.1 Å². The van der Waals surface area contributed by atoms with Crippen molar-refractivity contribution in [3.63, 3.8) is 0 Å². The van der Waals surface area contributed by atoms with E-state index in [1.54, 1.807) is 20.8 Å². The predicted octanol–water partition coefficient (Wildman–Crippen LogP) is 0.526. The monoisotopic (exact) mass is 485 g/mol. The first kappa shape index (κ1) is 27.3. The number of amides is 6. The molecule has 1 radical (unpaired) electrons. The van der Waals surface area contributed by atoms with Gasteiger partial charge in [-0.25, -0.2) is 9.59 Å². The quantitative estimate of drug-likeness (QED) is 0.386. The number of carbonyl (C=O) groups is 5. The molecule has 161 valence electrons. The van der Waals surface area contributed by atoms with Crippen LogP contribution in [0.5, 0.6) is 0 Å². The second kappa shape index (κ2) is 10.9. The van der Waals surface area contributed by atoms with E-state index in [-0.39, 0.29) is 45.8 Å². The van der Waals surface area contributed by atoms with Gasteiger partial charge in [0.1, 0.15) is 5.60 Å². The molecule has 0 bridgehead atoms. The summed E-state index contributed by atoms with van der Waals surface area (Å²) in [6, 6.07) is -1.99. The van der Waals surface area contributed by atoms with Crippen LogP contribution in [0.2, 0.25) is 0 Å². The fourth-order valence-electron chi connectivity index (χ4n) is 2.70. The zero-order chi connectivity index (χ0) is 21.7. The van der Waals surface area contributed by atoms with Gasteiger partial charge in [0.25, 0.3) is 0 Å². The maximum absolute atomic E-state index is 12.3. The fraction of sp³-hybridized carbons (Fsp3) is 0.611. The third-order valence-electron chi connectivity index (χ3n) is 4.04. The summed E-state index contributed by atoms with van der Waals surface area (Å²) >= 11 is 0. The van der Waals surface area contributed by atoms with E-state index in [1.165, 1.54) is 6.42 Å². The molecule has 2 aliphatic rings. The van der Waals surface area contributed by atoms with Crippen LogP contribution >= 0.6 is 0 Å². The zero-order valence-corrected chi connectivity index (χ0v) is 20.1. The van der Waals surface area contributed by atoms with Crippen LogP contribution in [0.25, 0.3) is 0 Å². The SMILES string of the molecule is [CH2-]C(=O)NC1CN(C(=O)OC(C)(C)C)CC12C(=O)NC(=O)NC2=O.[CH2-]CCC.[Y]. The number of barbiturate groups is 1. The van der Waals surface area contributed by atoms with Crippen LogP contribution < -0.4 is 16.0 Å². The Morgan fingerprint density at radius 3 is 2.10 bits per heavy atom. The summed E-state index contributed by atoms with van der Waals surface area (Å²) in [5.41, 5.74) is -2.59. The summed E-state index contributed by atoms with van der Waals surface area (Å²) in [5, 5.41) is 6.38. The molecule has 6 amide bonds. The molecule has 0 aliphatic carbocycles. The van der Waals surface area contributed by atoms with E-state index >= 15 is 0 Å². The molecule has 2 saturated heterocycles. The van der Waals surface area contributed by atoms with Gasteiger partial charge in [-0.05, 0) is 20.8 Å². The molecule has 11 heteroatoms. The maximum Gasteiger partial charge on any atom is 0.410 e. The van der Waals surface area contributed by atoms with Crippen LogP contribution in [0.3, 0.4) is 0 Å². The van der Waals surface area contributed by atoms with Crippen LogP contribution in [0.1, 0.15) is 40.5 Å². The van der Waals surface area contributed by atoms with Crippen molar-refractivity contribution in [3.8, 4) is 0 Å². The van der Waals surface area contributed by atoms with E-state index < -0.39 is 46.9 Å². The molecule has 2 fully saturated rings. The Labute approximate surface area is 196 Å². The second-order valence-electron chi connectivity index (χ2n) is 7.54. The summed E-state index contributed by atoms with van der Waals surface area (Å²) in [6.07, 6.45) is 1.54. The molecule has 3 N–H and O–H groups in total. The summed E-state index contributed by atoms with van der Waals surface area (Å²) in [7, 11) is 0. The Morgan fingerprint density at radius 1 is 1.24 bits per heavy atom. The van der Waals surface area contributed by atoms with Crippen molar-refractivity contribution in [1.29, 1.82) is 0 Å². The molecule has 0 saturated carbocycles. The summed E-state index contributed by atoms with van der Waals surface area (Å²) in [6.45, 7) is 13.4. The first-order chi connectivity index (χ1) is 12.9. The first-order valence-corrected chi connectivity index (χ1v) is 8.93. The van der Waals surface area contributed by atoms with Crippen LogP contribution in [-0.2, 0) is 51.8 Å². The molecule has 0 aromatic carbocycles. The molecule has 10 nitrogen and oxygen atoms in total. The summed E-state index contributed by atoms with van der Waals surface area (Å²) in [5.74, 6) is -2.50. The largest absolute Gasteiger partial charge is 0.444 e. The van der Waals surface area contributed by atoms with Gasteiger partial charge < -0.3 is 33.6 Å². The van der Waals surface area contributed by atoms with Crippen molar-refractivity contribution >= 4 is 29.8 Å². The third-order valence-corrected chi connectivity index (χ3v) is 4.04. The van der Waals surface area contributed by atoms with Gasteiger partial charge in [0, 0.05) is 45.8 Å². The molecule has 0 aromatic rings. The number of hydrogen-bond donors (Lipinski definition) is 3. The number of unbranched alkanes of at least 4 members (excludes halogenated alkanes) is 1. The first-order valence-electron chi connectivity index (χ1n) is 8.93. The van der Waals surface area contributed by atoms with Crippen molar-refractivity contribution in [2.45, 2.75) is 52.2 Å². The minimum atomic E-state index is -1.82. The Hall–Kier alpha value is -1.68. The standard InChI is InChI=1S/C14H19N4O6.C4H9.Y/c1-7(19)15-8-5-18(12(23)24-13(2,3)4)6-14(8)9(20)16-11(22)17-10(14)21;1-3-4-2;/h8H,1,5-6H2,2-4H3,(H,15,19)(H2,16,17,20,21,22);1,3-4H2,2H3;/q2*-1;. The normalized spacial score (nSPS) is 20.0. The molecule has 0 aromatic heterocycles. The smallest absolute Gasteiger partial charge is 0.410 e. The fourth-order valence-corrected chi connectivity index (χ4v) is 2.70. The van der Waals surface area contributed by atoms with Gasteiger partial charge in [-0.3, -0.25) is 20.2 Å². The maximum atomic E-state index is 12.3. The predicted molar refractivity (Wildman–Crippen MR) is 99.5 cm³/mol. The molecular weight excluding hydrogens is 457 g/mol. The van der Waals surface area contributed by atoms with Crippen molar-refractivity contribution < 1.29 is 61.4 Å². The summed E-state index contributed by atoms with van der Waals surface area (Å²) in [4.78, 5) is 60.7. The van der Waals surface area contributed by atoms with Gasteiger partial charge in [0.15, 0.2) is 5.41 Å². The number of carbonyl (C=O) groups excluding carboxylic acids is 5. The van der Waals surface area contributed by atoms with Gasteiger partial charge in [0.05, 0.1) is 11.9 Å². The molecule has 29 heavy (non-hydrogen) atoms. The molecule has 1 unspecified atom stereocenters. The Balaban J connectivity index is 0.00000143. The van der Waals surface area contributed by atoms with Crippen LogP contribution in [0, 0.1) is 19.3 Å². The number of hydrogen-bond acceptors (Lipinski definition) is 6. The summed E-state index contributed by atoms with van der Waals surface area (Å²) < 4.78 is 5.23. The van der Waals surface area contributed by atoms with E-state index in [0.29, 0.717) is 0 Å². The molecule has 1 atom stereocenters. The second-order valence-corrected chi connectivity index (χ2v) is 7.54. The van der Waals surface area contributed by atoms with Crippen LogP contribution in [0.15, 0.2) is 0 Å². The third kappa shape index (κ3) is 6.95. The minimum absolute atomic E-state index is 0. The van der Waals surface area contributed by atoms with Gasteiger partial charge in [-0.15, -0.1) is 0 Å². The number of nitrogens with zero attached hydrogens (tertiary/aromatic N) is 1. The van der Waals surface area contributed by atoms with E-state index in [0.717, 1.165) is 11.3 Å². The average Bonchev–Trinajstić information content (AvgIpc) is 2.91. The van der Waals surface area contributed by atoms with Crippen molar-refractivity contribution in [2.75, 3.05) is 13.1 Å². The number of ether oxygens (including phenoxy) is 1. The average molecular weight is 485 g/mol. The van der Waals surface area contributed by atoms with Crippen molar-refractivity contribution in [1.82, 2.24) is 20.9 Å². The number of urea groups is 1. The molecule has 1 spiro atoms.